The van der Waals surface area contributed by atoms with Crippen molar-refractivity contribution in [2.24, 2.45) is 0 Å². The maximum atomic E-state index is 13.2. The zero-order valence-electron chi connectivity index (χ0n) is 16.3. The maximum absolute atomic E-state index is 13.2. The van der Waals surface area contributed by atoms with Crippen molar-refractivity contribution >= 4 is 44.4 Å². The van der Waals surface area contributed by atoms with Crippen molar-refractivity contribution in [1.29, 1.82) is 0 Å². The van der Waals surface area contributed by atoms with Gasteiger partial charge in [0.25, 0.3) is 5.56 Å². The van der Waals surface area contributed by atoms with Crippen LogP contribution in [-0.2, 0) is 6.18 Å². The first-order valence-corrected chi connectivity index (χ1v) is 11.1. The van der Waals surface area contributed by atoms with Crippen LogP contribution in [-0.4, -0.2) is 21.1 Å². The molecule has 4 nitrogen and oxygen atoms in total. The minimum atomic E-state index is -4.56. The van der Waals surface area contributed by atoms with E-state index in [4.69, 9.17) is 0 Å². The van der Waals surface area contributed by atoms with Crippen molar-refractivity contribution in [1.82, 2.24) is 9.55 Å². The summed E-state index contributed by atoms with van der Waals surface area (Å²) in [5.41, 5.74) is -0.486. The van der Waals surface area contributed by atoms with Gasteiger partial charge in [-0.3, -0.25) is 14.2 Å². The second-order valence-electron chi connectivity index (χ2n) is 6.82. The lowest BCUT2D eigenvalue weighted by Gasteiger charge is -2.14. The van der Waals surface area contributed by atoms with E-state index in [9.17, 15) is 22.8 Å². The van der Waals surface area contributed by atoms with E-state index in [1.165, 1.54) is 4.57 Å². The lowest BCUT2D eigenvalue weighted by Crippen LogP contribution is -2.22. The molecule has 0 spiro atoms. The number of benzene rings is 3. The van der Waals surface area contributed by atoms with E-state index in [2.05, 4.69) is 20.9 Å². The van der Waals surface area contributed by atoms with Crippen molar-refractivity contribution < 1.29 is 18.0 Å². The van der Waals surface area contributed by atoms with Gasteiger partial charge in [0.1, 0.15) is 0 Å². The number of hydrogen-bond donors (Lipinski definition) is 0. The number of Topliss-reactive ketones (excluding diaryl/α,β-unsaturated/α-hetero) is 1. The lowest BCUT2D eigenvalue weighted by atomic mass is 10.1. The van der Waals surface area contributed by atoms with Crippen LogP contribution in [0.25, 0.3) is 16.6 Å². The van der Waals surface area contributed by atoms with E-state index in [1.54, 1.807) is 54.6 Å². The van der Waals surface area contributed by atoms with Gasteiger partial charge >= 0.3 is 6.18 Å². The number of rotatable bonds is 5. The van der Waals surface area contributed by atoms with Crippen LogP contribution < -0.4 is 5.56 Å². The summed E-state index contributed by atoms with van der Waals surface area (Å²) in [4.78, 5) is 30.1. The monoisotopic (exact) mass is 518 g/mol. The van der Waals surface area contributed by atoms with E-state index >= 15 is 0 Å². The van der Waals surface area contributed by atoms with E-state index in [0.717, 1.165) is 34.4 Å². The molecule has 0 N–H and O–H groups in total. The van der Waals surface area contributed by atoms with Crippen LogP contribution in [0.1, 0.15) is 15.9 Å². The summed E-state index contributed by atoms with van der Waals surface area (Å²) in [6.07, 6.45) is -4.56. The number of nitrogens with zero attached hydrogens (tertiary/aromatic N) is 2. The highest BCUT2D eigenvalue weighted by atomic mass is 79.9. The van der Waals surface area contributed by atoms with Crippen LogP contribution in [0.2, 0.25) is 0 Å². The van der Waals surface area contributed by atoms with Crippen LogP contribution in [0.15, 0.2) is 87.2 Å². The molecular formula is C23H14BrF3N2O2S. The smallest absolute Gasteiger partial charge is 0.293 e. The SMILES string of the molecule is O=C(CSc1nc2cc(C(F)(F)F)ccc2c(=O)n1-c1ccccc1)c1ccc(Br)cc1. The van der Waals surface area contributed by atoms with Gasteiger partial charge in [-0.25, -0.2) is 4.98 Å². The van der Waals surface area contributed by atoms with Crippen molar-refractivity contribution in [2.45, 2.75) is 11.3 Å². The number of hydrogen-bond acceptors (Lipinski definition) is 4. The van der Waals surface area contributed by atoms with Gasteiger partial charge in [-0.15, -0.1) is 0 Å². The molecule has 0 fully saturated rings. The first kappa shape index (κ1) is 22.3. The van der Waals surface area contributed by atoms with Gasteiger partial charge in [-0.1, -0.05) is 58.0 Å². The predicted octanol–water partition coefficient (Wildman–Crippen LogP) is 6.14. The summed E-state index contributed by atoms with van der Waals surface area (Å²) in [6, 6.07) is 18.3. The maximum Gasteiger partial charge on any atom is 0.416 e. The zero-order chi connectivity index (χ0) is 22.9. The van der Waals surface area contributed by atoms with Crippen LogP contribution in [0.4, 0.5) is 13.2 Å². The number of carbonyl (C=O) groups is 1. The Morgan fingerprint density at radius 1 is 1.00 bits per heavy atom. The second-order valence-corrected chi connectivity index (χ2v) is 8.68. The molecule has 3 aromatic carbocycles. The molecule has 1 aromatic heterocycles. The Labute approximate surface area is 193 Å². The molecule has 0 unspecified atom stereocenters. The number of halogens is 4. The number of alkyl halides is 3. The summed E-state index contributed by atoms with van der Waals surface area (Å²) in [5, 5.41) is 0.198. The van der Waals surface area contributed by atoms with Crippen molar-refractivity contribution in [2.75, 3.05) is 5.75 Å². The number of thioether (sulfide) groups is 1. The summed E-state index contributed by atoms with van der Waals surface area (Å²) in [6.45, 7) is 0. The molecule has 9 heteroatoms. The number of fused-ring (bicyclic) bond motifs is 1. The number of aromatic nitrogens is 2. The Hall–Kier alpha value is -2.91. The van der Waals surface area contributed by atoms with Crippen LogP contribution in [0, 0.1) is 0 Å². The Bertz CT molecular complexity index is 1350. The van der Waals surface area contributed by atoms with Gasteiger partial charge in [0.15, 0.2) is 10.9 Å². The van der Waals surface area contributed by atoms with Crippen LogP contribution in [0.3, 0.4) is 0 Å². The predicted molar refractivity (Wildman–Crippen MR) is 122 cm³/mol. The van der Waals surface area contributed by atoms with Gasteiger partial charge < -0.3 is 0 Å². The molecule has 0 amide bonds. The fourth-order valence-corrected chi connectivity index (χ4v) is 4.26. The van der Waals surface area contributed by atoms with Crippen molar-refractivity contribution in [3.05, 3.63) is 98.7 Å². The summed E-state index contributed by atoms with van der Waals surface area (Å²) in [7, 11) is 0. The summed E-state index contributed by atoms with van der Waals surface area (Å²) in [5.74, 6) is -0.230. The second kappa shape index (κ2) is 8.91. The highest BCUT2D eigenvalue weighted by Crippen LogP contribution is 2.31. The molecule has 0 aliphatic carbocycles. The molecule has 4 aromatic rings. The van der Waals surface area contributed by atoms with E-state index in [1.807, 2.05) is 0 Å². The Balaban J connectivity index is 1.80. The molecule has 162 valence electrons. The summed E-state index contributed by atoms with van der Waals surface area (Å²) < 4.78 is 41.6. The molecule has 0 aliphatic heterocycles. The minimum absolute atomic E-state index is 0.0363. The number of para-hydroxylation sites is 1. The van der Waals surface area contributed by atoms with Gasteiger partial charge in [0, 0.05) is 10.0 Å². The molecule has 0 atom stereocenters. The highest BCUT2D eigenvalue weighted by Gasteiger charge is 2.31. The Kier molecular flexibility index (Phi) is 6.21. The van der Waals surface area contributed by atoms with E-state index in [0.29, 0.717) is 11.3 Å². The Morgan fingerprint density at radius 2 is 1.69 bits per heavy atom. The fraction of sp³-hybridized carbons (Fsp3) is 0.0870. The van der Waals surface area contributed by atoms with Gasteiger partial charge in [0.2, 0.25) is 0 Å². The molecule has 0 aliphatic rings. The molecule has 0 saturated carbocycles. The first-order chi connectivity index (χ1) is 15.2. The van der Waals surface area contributed by atoms with Gasteiger partial charge in [-0.05, 0) is 42.5 Å². The zero-order valence-corrected chi connectivity index (χ0v) is 18.7. The van der Waals surface area contributed by atoms with E-state index < -0.39 is 17.3 Å². The molecule has 4 rings (SSSR count). The number of carbonyl (C=O) groups excluding carboxylic acids is 1. The third-order valence-corrected chi connectivity index (χ3v) is 6.15. The minimum Gasteiger partial charge on any atom is -0.293 e. The van der Waals surface area contributed by atoms with E-state index in [-0.39, 0.29) is 27.6 Å². The normalized spacial score (nSPS) is 11.6. The van der Waals surface area contributed by atoms with Crippen molar-refractivity contribution in [3.8, 4) is 5.69 Å². The summed E-state index contributed by atoms with van der Waals surface area (Å²) >= 11 is 4.31. The number of ketones is 1. The quantitative estimate of drug-likeness (QED) is 0.181. The lowest BCUT2D eigenvalue weighted by molar-refractivity contribution is -0.137. The van der Waals surface area contributed by atoms with Crippen LogP contribution in [0.5, 0.6) is 0 Å². The fourth-order valence-electron chi connectivity index (χ4n) is 3.09. The standard InChI is InChI=1S/C23H14BrF3N2O2S/c24-16-9-6-14(7-10-16)20(30)13-32-22-28-19-12-15(23(25,26)27)8-11-18(19)21(31)29(22)17-4-2-1-3-5-17/h1-12H,13H2. The molecule has 32 heavy (non-hydrogen) atoms. The molecule has 0 radical (unpaired) electrons. The average molecular weight is 519 g/mol. The molecular weight excluding hydrogens is 505 g/mol. The third kappa shape index (κ3) is 4.63. The van der Waals surface area contributed by atoms with Crippen LogP contribution >= 0.6 is 27.7 Å². The molecule has 0 saturated heterocycles. The largest absolute Gasteiger partial charge is 0.416 e. The third-order valence-electron chi connectivity index (χ3n) is 4.68. The Morgan fingerprint density at radius 3 is 2.34 bits per heavy atom. The topological polar surface area (TPSA) is 52.0 Å². The molecule has 0 bridgehead atoms. The van der Waals surface area contributed by atoms with Gasteiger partial charge in [0.05, 0.1) is 27.9 Å². The first-order valence-electron chi connectivity index (χ1n) is 9.35. The van der Waals surface area contributed by atoms with Gasteiger partial charge in [-0.2, -0.15) is 13.2 Å². The van der Waals surface area contributed by atoms with Crippen molar-refractivity contribution in [3.63, 3.8) is 0 Å². The average Bonchev–Trinajstić information content (AvgIpc) is 2.77. The highest BCUT2D eigenvalue weighted by molar-refractivity contribution is 9.10. The molecule has 1 heterocycles.